The topological polar surface area (TPSA) is 42.9 Å². The monoisotopic (exact) mass is 387 g/mol. The summed E-state index contributed by atoms with van der Waals surface area (Å²) in [5.74, 6) is 0.884. The van der Waals surface area contributed by atoms with Crippen LogP contribution in [-0.4, -0.2) is 62.1 Å². The average molecular weight is 388 g/mol. The molecule has 0 bridgehead atoms. The zero-order valence-electron chi connectivity index (χ0n) is 18.5. The molecule has 0 radical (unpaired) electrons. The van der Waals surface area contributed by atoms with E-state index >= 15 is 0 Å². The summed E-state index contributed by atoms with van der Waals surface area (Å²) in [5, 5.41) is 6.84. The lowest BCUT2D eigenvalue weighted by Crippen LogP contribution is -2.37. The van der Waals surface area contributed by atoms with Crippen LogP contribution in [0.15, 0.2) is 29.3 Å². The molecule has 0 saturated carbocycles. The number of likely N-dealkylation sites (tertiary alicyclic amines) is 1. The highest BCUT2D eigenvalue weighted by molar-refractivity contribution is 5.79. The molecule has 0 unspecified atom stereocenters. The van der Waals surface area contributed by atoms with Crippen molar-refractivity contribution < 1.29 is 0 Å². The third kappa shape index (κ3) is 8.61. The zero-order valence-corrected chi connectivity index (χ0v) is 18.5. The first-order chi connectivity index (χ1) is 13.6. The van der Waals surface area contributed by atoms with Crippen LogP contribution in [0.4, 0.5) is 0 Å². The fourth-order valence-corrected chi connectivity index (χ4v) is 3.50. The fourth-order valence-electron chi connectivity index (χ4n) is 3.50. The van der Waals surface area contributed by atoms with Crippen molar-refractivity contribution in [2.75, 3.05) is 40.3 Å². The predicted molar refractivity (Wildman–Crippen MR) is 121 cm³/mol. The van der Waals surface area contributed by atoms with Gasteiger partial charge in [-0.2, -0.15) is 0 Å². The number of guanidine groups is 1. The third-order valence-corrected chi connectivity index (χ3v) is 5.67. The molecular formula is C23H41N5. The van der Waals surface area contributed by atoms with Crippen LogP contribution in [0.25, 0.3) is 0 Å². The smallest absolute Gasteiger partial charge is 0.191 e. The fraction of sp³-hybridized carbons (Fsp3) is 0.696. The van der Waals surface area contributed by atoms with Crippen LogP contribution in [0.1, 0.15) is 57.1 Å². The van der Waals surface area contributed by atoms with Crippen molar-refractivity contribution in [3.05, 3.63) is 35.4 Å². The van der Waals surface area contributed by atoms with E-state index < -0.39 is 0 Å². The minimum Gasteiger partial charge on any atom is -0.356 e. The second-order valence-corrected chi connectivity index (χ2v) is 8.29. The first kappa shape index (κ1) is 22.7. The van der Waals surface area contributed by atoms with Gasteiger partial charge in [-0.1, -0.05) is 30.7 Å². The normalized spacial score (nSPS) is 16.0. The minimum absolute atomic E-state index is 0.619. The summed E-state index contributed by atoms with van der Waals surface area (Å²) in [6.45, 7) is 11.0. The van der Waals surface area contributed by atoms with E-state index in [1.54, 1.807) is 0 Å². The Balaban J connectivity index is 1.64. The van der Waals surface area contributed by atoms with Crippen LogP contribution in [-0.2, 0) is 13.1 Å². The molecule has 1 aromatic carbocycles. The van der Waals surface area contributed by atoms with Crippen LogP contribution < -0.4 is 10.6 Å². The van der Waals surface area contributed by atoms with Crippen LogP contribution in [0.2, 0.25) is 0 Å². The van der Waals surface area contributed by atoms with E-state index in [0.29, 0.717) is 6.04 Å². The van der Waals surface area contributed by atoms with E-state index in [2.05, 4.69) is 70.6 Å². The van der Waals surface area contributed by atoms with Gasteiger partial charge in [0.05, 0.1) is 0 Å². The van der Waals surface area contributed by atoms with E-state index in [4.69, 9.17) is 0 Å². The Bertz CT molecular complexity index is 561. The number of nitrogens with one attached hydrogen (secondary N) is 2. The molecule has 1 aliphatic heterocycles. The molecule has 0 aromatic heterocycles. The average Bonchev–Trinajstić information content (AvgIpc) is 2.71. The maximum atomic E-state index is 4.34. The zero-order chi connectivity index (χ0) is 20.2. The Morgan fingerprint density at radius 2 is 1.71 bits per heavy atom. The number of aliphatic imine (C=N–C) groups is 1. The van der Waals surface area contributed by atoms with E-state index in [1.165, 1.54) is 49.9 Å². The molecule has 1 fully saturated rings. The highest BCUT2D eigenvalue weighted by atomic mass is 15.2. The van der Waals surface area contributed by atoms with E-state index in [-0.39, 0.29) is 0 Å². The van der Waals surface area contributed by atoms with Gasteiger partial charge in [-0.25, -0.2) is 0 Å². The van der Waals surface area contributed by atoms with Gasteiger partial charge in [-0.15, -0.1) is 0 Å². The molecule has 0 spiro atoms. The highest BCUT2D eigenvalue weighted by Gasteiger charge is 2.10. The third-order valence-electron chi connectivity index (χ3n) is 5.67. The summed E-state index contributed by atoms with van der Waals surface area (Å²) in [5.41, 5.74) is 2.71. The molecule has 0 aliphatic carbocycles. The van der Waals surface area contributed by atoms with Gasteiger partial charge in [-0.05, 0) is 77.3 Å². The molecule has 5 heteroatoms. The molecule has 158 valence electrons. The summed E-state index contributed by atoms with van der Waals surface area (Å²) in [7, 11) is 4.03. The van der Waals surface area contributed by atoms with Gasteiger partial charge in [0.2, 0.25) is 0 Å². The lowest BCUT2D eigenvalue weighted by atomic mass is 10.1. The van der Waals surface area contributed by atoms with E-state index in [0.717, 1.165) is 38.6 Å². The van der Waals surface area contributed by atoms with Crippen LogP contribution >= 0.6 is 0 Å². The van der Waals surface area contributed by atoms with Gasteiger partial charge in [0.25, 0.3) is 0 Å². The summed E-state index contributed by atoms with van der Waals surface area (Å²) in [6.07, 6.45) is 6.46. The predicted octanol–water partition coefficient (Wildman–Crippen LogP) is 3.46. The first-order valence-corrected chi connectivity index (χ1v) is 11.0. The van der Waals surface area contributed by atoms with Gasteiger partial charge in [0, 0.05) is 32.7 Å². The Morgan fingerprint density at radius 3 is 2.36 bits per heavy atom. The number of hydrogen-bond donors (Lipinski definition) is 2. The van der Waals surface area contributed by atoms with Crippen LogP contribution in [0.5, 0.6) is 0 Å². The van der Waals surface area contributed by atoms with Gasteiger partial charge < -0.3 is 15.5 Å². The quantitative estimate of drug-likeness (QED) is 0.367. The molecular weight excluding hydrogens is 346 g/mol. The Kier molecular flexibility index (Phi) is 10.4. The summed E-state index contributed by atoms with van der Waals surface area (Å²) >= 11 is 0. The van der Waals surface area contributed by atoms with Crippen molar-refractivity contribution in [2.24, 2.45) is 4.99 Å². The molecule has 1 aliphatic rings. The molecule has 0 amide bonds. The van der Waals surface area contributed by atoms with Crippen LogP contribution in [0.3, 0.4) is 0 Å². The lowest BCUT2D eigenvalue weighted by Gasteiger charge is -2.26. The Labute approximate surface area is 172 Å². The summed E-state index contributed by atoms with van der Waals surface area (Å²) in [4.78, 5) is 9.30. The largest absolute Gasteiger partial charge is 0.356 e. The molecule has 1 heterocycles. The van der Waals surface area contributed by atoms with Gasteiger partial charge in [-0.3, -0.25) is 9.89 Å². The second kappa shape index (κ2) is 12.8. The van der Waals surface area contributed by atoms with Crippen molar-refractivity contribution in [3.63, 3.8) is 0 Å². The Hall–Kier alpha value is -1.59. The molecule has 2 rings (SSSR count). The van der Waals surface area contributed by atoms with E-state index in [1.807, 2.05) is 7.05 Å². The van der Waals surface area contributed by atoms with Gasteiger partial charge in [0.1, 0.15) is 0 Å². The number of benzene rings is 1. The molecule has 2 N–H and O–H groups in total. The highest BCUT2D eigenvalue weighted by Crippen LogP contribution is 2.13. The van der Waals surface area contributed by atoms with Gasteiger partial charge in [0.15, 0.2) is 5.96 Å². The van der Waals surface area contributed by atoms with Crippen molar-refractivity contribution in [3.8, 4) is 0 Å². The number of rotatable bonds is 10. The number of unbranched alkanes of at least 4 members (excludes halogenated alkanes) is 1. The standard InChI is InChI=1S/C23H41N5/c1-20(2)27(4)15-9-6-14-25-23(24-3)26-18-21-10-12-22(13-11-21)19-28-16-7-5-8-17-28/h10-13,20H,5-9,14-19H2,1-4H3,(H2,24,25,26). The first-order valence-electron chi connectivity index (χ1n) is 11.0. The summed E-state index contributed by atoms with van der Waals surface area (Å²) in [6, 6.07) is 9.64. The maximum absolute atomic E-state index is 4.34. The number of hydrogen-bond acceptors (Lipinski definition) is 3. The van der Waals surface area contributed by atoms with Crippen molar-refractivity contribution >= 4 is 5.96 Å². The van der Waals surface area contributed by atoms with Crippen molar-refractivity contribution in [2.45, 2.75) is 65.1 Å². The number of nitrogens with zero attached hydrogens (tertiary/aromatic N) is 3. The second-order valence-electron chi connectivity index (χ2n) is 8.29. The molecule has 5 nitrogen and oxygen atoms in total. The maximum Gasteiger partial charge on any atom is 0.191 e. The molecule has 0 atom stereocenters. The SMILES string of the molecule is CN=C(NCCCCN(C)C(C)C)NCc1ccc(CN2CCCCC2)cc1. The minimum atomic E-state index is 0.619. The molecule has 28 heavy (non-hydrogen) atoms. The van der Waals surface area contributed by atoms with Crippen LogP contribution in [0, 0.1) is 0 Å². The molecule has 1 aromatic rings. The lowest BCUT2D eigenvalue weighted by molar-refractivity contribution is 0.221. The van der Waals surface area contributed by atoms with Gasteiger partial charge >= 0.3 is 0 Å². The Morgan fingerprint density at radius 1 is 1.04 bits per heavy atom. The van der Waals surface area contributed by atoms with Crippen molar-refractivity contribution in [1.82, 2.24) is 20.4 Å². The molecule has 1 saturated heterocycles. The number of piperidine rings is 1. The van der Waals surface area contributed by atoms with E-state index in [9.17, 15) is 0 Å². The summed E-state index contributed by atoms with van der Waals surface area (Å²) < 4.78 is 0. The van der Waals surface area contributed by atoms with Crippen molar-refractivity contribution in [1.29, 1.82) is 0 Å².